The molecule has 0 unspecified atom stereocenters. The summed E-state index contributed by atoms with van der Waals surface area (Å²) in [6, 6.07) is 3.33. The van der Waals surface area contributed by atoms with Crippen molar-refractivity contribution in [3.8, 4) is 5.75 Å². The molecule has 4 aromatic rings. The van der Waals surface area contributed by atoms with Crippen LogP contribution in [0, 0.1) is 12.2 Å². The van der Waals surface area contributed by atoms with Gasteiger partial charge in [-0.25, -0.2) is 14.4 Å². The summed E-state index contributed by atoms with van der Waals surface area (Å²) >= 11 is 0. The van der Waals surface area contributed by atoms with E-state index in [9.17, 15) is 4.39 Å². The first-order chi connectivity index (χ1) is 16.1. The molecule has 2 atom stereocenters. The van der Waals surface area contributed by atoms with Gasteiger partial charge in [-0.3, -0.25) is 4.68 Å². The number of aromatic nitrogens is 6. The van der Waals surface area contributed by atoms with Gasteiger partial charge in [0.25, 0.3) is 0 Å². The van der Waals surface area contributed by atoms with Crippen LogP contribution in [-0.2, 0) is 21.1 Å². The van der Waals surface area contributed by atoms with Gasteiger partial charge in [-0.15, -0.1) is 5.10 Å². The second-order valence-electron chi connectivity index (χ2n) is 8.88. The van der Waals surface area contributed by atoms with Gasteiger partial charge in [-0.05, 0) is 18.9 Å². The number of nitrogens with two attached hydrogens (primary N) is 1. The van der Waals surface area contributed by atoms with Crippen molar-refractivity contribution in [1.82, 2.24) is 29.4 Å². The fourth-order valence-corrected chi connectivity index (χ4v) is 5.07. The van der Waals surface area contributed by atoms with Gasteiger partial charge in [0.2, 0.25) is 5.95 Å². The Bertz CT molecular complexity index is 1330. The van der Waals surface area contributed by atoms with Crippen molar-refractivity contribution in [2.45, 2.75) is 44.1 Å². The van der Waals surface area contributed by atoms with Gasteiger partial charge in [0, 0.05) is 57.7 Å². The summed E-state index contributed by atoms with van der Waals surface area (Å²) in [6.07, 6.45) is 12.0. The van der Waals surface area contributed by atoms with E-state index in [4.69, 9.17) is 15.5 Å². The molecular formula is C23H26FMoN8O-. The van der Waals surface area contributed by atoms with E-state index in [0.717, 1.165) is 44.5 Å². The van der Waals surface area contributed by atoms with E-state index in [1.54, 1.807) is 0 Å². The minimum absolute atomic E-state index is 0. The Morgan fingerprint density at radius 1 is 1.21 bits per heavy atom. The summed E-state index contributed by atoms with van der Waals surface area (Å²) < 4.78 is 23.1. The number of ether oxygens (including phenoxy) is 1. The van der Waals surface area contributed by atoms with Crippen LogP contribution in [0.4, 0.5) is 16.0 Å². The molecule has 0 radical (unpaired) electrons. The van der Waals surface area contributed by atoms with Crippen LogP contribution in [0.25, 0.3) is 16.6 Å². The van der Waals surface area contributed by atoms with E-state index in [-0.39, 0.29) is 38.7 Å². The minimum atomic E-state index is -0.469. The summed E-state index contributed by atoms with van der Waals surface area (Å²) in [4.78, 5) is 11.5. The van der Waals surface area contributed by atoms with E-state index < -0.39 is 5.82 Å². The van der Waals surface area contributed by atoms with Crippen LogP contribution in [0.1, 0.15) is 49.9 Å². The molecule has 2 fully saturated rings. The number of hydrogen-bond acceptors (Lipinski definition) is 7. The summed E-state index contributed by atoms with van der Waals surface area (Å²) in [5, 5.41) is 9.84. The Balaban J connectivity index is 0.00000241. The molecule has 1 aromatic carbocycles. The quantitative estimate of drug-likeness (QED) is 0.310. The van der Waals surface area contributed by atoms with Crippen molar-refractivity contribution in [2.75, 3.05) is 30.8 Å². The normalized spacial score (nSPS) is 20.7. The number of methoxy groups -OCH3 is 1. The summed E-state index contributed by atoms with van der Waals surface area (Å²) in [6.45, 7) is 1.77. The van der Waals surface area contributed by atoms with Crippen LogP contribution in [0.3, 0.4) is 0 Å². The van der Waals surface area contributed by atoms with Crippen LogP contribution >= 0.6 is 0 Å². The molecular weight excluding hydrogens is 519 g/mol. The fourth-order valence-electron chi connectivity index (χ4n) is 5.07. The average molecular weight is 545 g/mol. The molecule has 0 amide bonds. The number of hydrogen-bond donors (Lipinski definition) is 1. The second kappa shape index (κ2) is 9.13. The molecule has 1 saturated heterocycles. The molecule has 1 aliphatic heterocycles. The molecule has 1 saturated carbocycles. The van der Waals surface area contributed by atoms with Gasteiger partial charge in [0.1, 0.15) is 0 Å². The zero-order chi connectivity index (χ0) is 22.5. The SMILES string of the molecule is COc1cc2nc(N)n3nc([C@@H]4CCCN(c5cnn([C@@H]6[CH-]CCC6)c5)C4)nc3c2cc1F.[Mo]. The predicted octanol–water partition coefficient (Wildman–Crippen LogP) is 3.51. The van der Waals surface area contributed by atoms with E-state index in [2.05, 4.69) is 37.4 Å². The fraction of sp³-hybridized carbons (Fsp3) is 0.435. The number of benzene rings is 1. The Hall–Kier alpha value is -2.74. The van der Waals surface area contributed by atoms with Crippen molar-refractivity contribution in [1.29, 1.82) is 0 Å². The Morgan fingerprint density at radius 3 is 2.88 bits per heavy atom. The third-order valence-corrected chi connectivity index (χ3v) is 6.81. The molecule has 11 heteroatoms. The van der Waals surface area contributed by atoms with Gasteiger partial charge in [-0.2, -0.15) is 16.0 Å². The first-order valence-corrected chi connectivity index (χ1v) is 11.4. The van der Waals surface area contributed by atoms with Crippen LogP contribution in [-0.4, -0.2) is 49.6 Å². The van der Waals surface area contributed by atoms with Gasteiger partial charge < -0.3 is 21.8 Å². The van der Waals surface area contributed by atoms with Crippen LogP contribution < -0.4 is 15.4 Å². The number of fused-ring (bicyclic) bond motifs is 3. The van der Waals surface area contributed by atoms with Crippen LogP contribution in [0.5, 0.6) is 5.75 Å². The van der Waals surface area contributed by atoms with Crippen molar-refractivity contribution in [2.24, 2.45) is 0 Å². The topological polar surface area (TPSA) is 99.4 Å². The number of nitrogens with zero attached hydrogens (tertiary/aromatic N) is 7. The standard InChI is InChI=1S/C23H26FN8O.Mo/c1-33-20-10-19-17(9-18(20)24)22-28-21(29-32(22)23(25)27-19)14-5-4-8-30(12-14)16-11-26-31(13-16)15-6-2-3-7-15;/h6,9-11,13-15H,2-5,7-8,12H2,1H3,(H2,25,27);/q-1;/t14-,15-;/m1./s1. The monoisotopic (exact) mass is 547 g/mol. The van der Waals surface area contributed by atoms with E-state index in [1.165, 1.54) is 30.2 Å². The first-order valence-electron chi connectivity index (χ1n) is 11.4. The number of halogens is 1. The zero-order valence-electron chi connectivity index (χ0n) is 18.9. The molecule has 0 bridgehead atoms. The first kappa shape index (κ1) is 23.0. The predicted molar refractivity (Wildman–Crippen MR) is 123 cm³/mol. The maximum atomic E-state index is 14.4. The summed E-state index contributed by atoms with van der Waals surface area (Å²) in [5.74, 6) is 0.707. The maximum absolute atomic E-state index is 14.4. The van der Waals surface area contributed by atoms with Gasteiger partial charge >= 0.3 is 0 Å². The Morgan fingerprint density at radius 2 is 2.09 bits per heavy atom. The molecule has 6 rings (SSSR count). The third-order valence-electron chi connectivity index (χ3n) is 6.81. The van der Waals surface area contributed by atoms with E-state index in [1.807, 2.05) is 6.20 Å². The number of piperidine rings is 1. The maximum Gasteiger partial charge on any atom is 0.223 e. The van der Waals surface area contributed by atoms with Crippen molar-refractivity contribution < 1.29 is 30.2 Å². The molecule has 9 nitrogen and oxygen atoms in total. The molecule has 4 heterocycles. The second-order valence-corrected chi connectivity index (χ2v) is 8.88. The van der Waals surface area contributed by atoms with Crippen molar-refractivity contribution in [3.05, 3.63) is 42.6 Å². The van der Waals surface area contributed by atoms with Gasteiger partial charge in [0.05, 0.1) is 24.5 Å². The van der Waals surface area contributed by atoms with E-state index in [0.29, 0.717) is 28.4 Å². The number of anilines is 2. The number of nitrogen functional groups attached to an aromatic ring is 1. The molecule has 3 aromatic heterocycles. The van der Waals surface area contributed by atoms with Crippen LogP contribution in [0.2, 0.25) is 0 Å². The summed E-state index contributed by atoms with van der Waals surface area (Å²) in [7, 11) is 1.42. The molecule has 34 heavy (non-hydrogen) atoms. The smallest absolute Gasteiger partial charge is 0.223 e. The Kier molecular flexibility index (Phi) is 6.18. The average Bonchev–Trinajstić information content (AvgIpc) is 3.60. The third kappa shape index (κ3) is 3.91. The van der Waals surface area contributed by atoms with Crippen LogP contribution in [0.15, 0.2) is 24.5 Å². The molecule has 1 aliphatic carbocycles. The molecule has 2 N–H and O–H groups in total. The van der Waals surface area contributed by atoms with Gasteiger partial charge in [-0.1, -0.05) is 18.9 Å². The van der Waals surface area contributed by atoms with Crippen molar-refractivity contribution >= 4 is 28.2 Å². The van der Waals surface area contributed by atoms with Crippen molar-refractivity contribution in [3.63, 3.8) is 0 Å². The Labute approximate surface area is 210 Å². The zero-order valence-corrected chi connectivity index (χ0v) is 20.9. The summed E-state index contributed by atoms with van der Waals surface area (Å²) in [5.41, 5.74) is 8.33. The molecule has 0 spiro atoms. The van der Waals surface area contributed by atoms with Gasteiger partial charge in [0.15, 0.2) is 23.0 Å². The molecule has 2 aliphatic rings. The minimum Gasteiger partial charge on any atom is -0.494 e. The van der Waals surface area contributed by atoms with E-state index >= 15 is 0 Å². The largest absolute Gasteiger partial charge is 0.494 e. The number of rotatable bonds is 4. The molecule has 178 valence electrons.